The Bertz CT molecular complexity index is 649. The third kappa shape index (κ3) is 5.60. The first kappa shape index (κ1) is 19.6. The highest BCUT2D eigenvalue weighted by atomic mass is 35.5. The topological polar surface area (TPSA) is 72.9 Å². The van der Waals surface area contributed by atoms with Crippen LogP contribution in [-0.4, -0.2) is 48.8 Å². The summed E-state index contributed by atoms with van der Waals surface area (Å²) in [7, 11) is -3.38. The molecule has 0 aliphatic carbocycles. The lowest BCUT2D eigenvalue weighted by Gasteiger charge is -2.26. The maximum Gasteiger partial charge on any atom is 0.229 e. The minimum Gasteiger partial charge on any atom is -0.386 e. The first-order chi connectivity index (χ1) is 10.3. The van der Waals surface area contributed by atoms with E-state index in [1.807, 2.05) is 17.3 Å². The number of hydrogen-bond donors (Lipinski definition) is 2. The van der Waals surface area contributed by atoms with Gasteiger partial charge in [0.05, 0.1) is 24.7 Å². The molecule has 130 valence electrons. The molecule has 6 nitrogen and oxygen atoms in total. The maximum absolute atomic E-state index is 11.4. The van der Waals surface area contributed by atoms with Crippen LogP contribution in [0.15, 0.2) is 36.7 Å². The van der Waals surface area contributed by atoms with Gasteiger partial charge in [0.1, 0.15) is 0 Å². The van der Waals surface area contributed by atoms with Gasteiger partial charge in [-0.2, -0.15) is 0 Å². The summed E-state index contributed by atoms with van der Waals surface area (Å²) >= 11 is 0. The van der Waals surface area contributed by atoms with Crippen LogP contribution in [0.25, 0.3) is 0 Å². The summed E-state index contributed by atoms with van der Waals surface area (Å²) in [5.74, 6) is 0. The van der Waals surface area contributed by atoms with Crippen molar-refractivity contribution in [1.82, 2.24) is 9.80 Å². The quantitative estimate of drug-likeness (QED) is 0.810. The molecule has 1 aromatic carbocycles. The third-order valence-electron chi connectivity index (χ3n) is 3.50. The molecule has 0 fully saturated rings. The molecular formula is C15H24ClN3O3S. The fraction of sp³-hybridized carbons (Fsp3) is 0.467. The van der Waals surface area contributed by atoms with Gasteiger partial charge in [-0.1, -0.05) is 18.2 Å². The Labute approximate surface area is 144 Å². The minimum atomic E-state index is -3.38. The predicted octanol–water partition coefficient (Wildman–Crippen LogP) is 1.97. The van der Waals surface area contributed by atoms with Crippen LogP contribution in [0.1, 0.15) is 25.5 Å². The Kier molecular flexibility index (Phi) is 6.73. The van der Waals surface area contributed by atoms with Crippen molar-refractivity contribution in [3.63, 3.8) is 0 Å². The number of β-amino-alcohol motifs (C(OH)–C–C–N with tert-alkyl or cyclic N) is 1. The zero-order valence-electron chi connectivity index (χ0n) is 13.5. The predicted molar refractivity (Wildman–Crippen MR) is 94.8 cm³/mol. The number of nitrogens with one attached hydrogen (secondary N) is 1. The molecule has 1 aliphatic heterocycles. The van der Waals surface area contributed by atoms with Crippen molar-refractivity contribution in [2.75, 3.05) is 24.2 Å². The van der Waals surface area contributed by atoms with Crippen LogP contribution in [0.5, 0.6) is 0 Å². The smallest absolute Gasteiger partial charge is 0.229 e. The summed E-state index contributed by atoms with van der Waals surface area (Å²) in [6.07, 6.45) is 4.26. The van der Waals surface area contributed by atoms with Gasteiger partial charge >= 0.3 is 0 Å². The van der Waals surface area contributed by atoms with Crippen LogP contribution >= 0.6 is 12.4 Å². The first-order valence-corrected chi connectivity index (χ1v) is 9.08. The minimum absolute atomic E-state index is 0. The zero-order valence-corrected chi connectivity index (χ0v) is 15.1. The number of aliphatic hydroxyl groups is 1. The van der Waals surface area contributed by atoms with Gasteiger partial charge in [0.2, 0.25) is 10.0 Å². The van der Waals surface area contributed by atoms with Crippen LogP contribution in [0.4, 0.5) is 5.69 Å². The van der Waals surface area contributed by atoms with E-state index >= 15 is 0 Å². The largest absolute Gasteiger partial charge is 0.386 e. The highest BCUT2D eigenvalue weighted by Gasteiger charge is 2.20. The molecular weight excluding hydrogens is 338 g/mol. The van der Waals surface area contributed by atoms with Gasteiger partial charge in [-0.05, 0) is 19.9 Å². The molecule has 2 rings (SSSR count). The normalized spacial score (nSPS) is 15.7. The number of sulfonamides is 1. The van der Waals surface area contributed by atoms with Crippen LogP contribution in [0.2, 0.25) is 0 Å². The van der Waals surface area contributed by atoms with E-state index < -0.39 is 16.1 Å². The Morgan fingerprint density at radius 2 is 1.91 bits per heavy atom. The second-order valence-corrected chi connectivity index (χ2v) is 7.54. The number of para-hydroxylation sites is 1. The first-order valence-electron chi connectivity index (χ1n) is 7.19. The monoisotopic (exact) mass is 361 g/mol. The summed E-state index contributed by atoms with van der Waals surface area (Å²) < 4.78 is 25.3. The Morgan fingerprint density at radius 3 is 2.48 bits per heavy atom. The highest BCUT2D eigenvalue weighted by Crippen LogP contribution is 2.25. The molecule has 0 saturated heterocycles. The summed E-state index contributed by atoms with van der Waals surface area (Å²) in [5.41, 5.74) is 0.991. The van der Waals surface area contributed by atoms with E-state index in [4.69, 9.17) is 0 Å². The van der Waals surface area contributed by atoms with E-state index in [9.17, 15) is 13.5 Å². The van der Waals surface area contributed by atoms with Crippen molar-refractivity contribution in [2.45, 2.75) is 26.0 Å². The van der Waals surface area contributed by atoms with Gasteiger partial charge in [-0.15, -0.1) is 12.4 Å². The van der Waals surface area contributed by atoms with Gasteiger partial charge < -0.3 is 14.9 Å². The van der Waals surface area contributed by atoms with E-state index in [-0.39, 0.29) is 12.4 Å². The molecule has 0 amide bonds. The van der Waals surface area contributed by atoms with E-state index in [1.54, 1.807) is 24.3 Å². The number of benzene rings is 1. The highest BCUT2D eigenvalue weighted by molar-refractivity contribution is 7.92. The van der Waals surface area contributed by atoms with E-state index in [0.29, 0.717) is 23.8 Å². The lowest BCUT2D eigenvalue weighted by atomic mass is 10.1. The SMILES string of the molecule is CC(C)N1C=CN(CC(O)c2ccccc2NS(C)(=O)=O)C1.Cl. The van der Waals surface area contributed by atoms with E-state index in [0.717, 1.165) is 12.9 Å². The molecule has 0 spiro atoms. The number of aliphatic hydroxyl groups excluding tert-OH is 1. The standard InChI is InChI=1S/C15H23N3O3S.ClH/c1-12(2)18-9-8-17(11-18)10-15(19)13-6-4-5-7-14(13)16-22(3,20)21;/h4-9,12,15-16,19H,10-11H2,1-3H3;1H. The number of nitrogens with zero attached hydrogens (tertiary/aromatic N) is 2. The van der Waals surface area contributed by atoms with Crippen molar-refractivity contribution >= 4 is 28.1 Å². The molecule has 0 aromatic heterocycles. The number of anilines is 1. The number of halogens is 1. The molecule has 1 unspecified atom stereocenters. The molecule has 0 saturated carbocycles. The second kappa shape index (κ2) is 7.90. The van der Waals surface area contributed by atoms with Crippen molar-refractivity contribution in [2.24, 2.45) is 0 Å². The van der Waals surface area contributed by atoms with E-state index in [2.05, 4.69) is 23.5 Å². The van der Waals surface area contributed by atoms with E-state index in [1.165, 1.54) is 0 Å². The van der Waals surface area contributed by atoms with Gasteiger partial charge in [0.25, 0.3) is 0 Å². The molecule has 1 atom stereocenters. The Hall–Kier alpha value is -1.44. The molecule has 0 bridgehead atoms. The lowest BCUT2D eigenvalue weighted by Crippen LogP contribution is -2.32. The van der Waals surface area contributed by atoms with Gasteiger partial charge in [0, 0.05) is 30.5 Å². The van der Waals surface area contributed by atoms with Crippen LogP contribution < -0.4 is 4.72 Å². The maximum atomic E-state index is 11.4. The van der Waals surface area contributed by atoms with Crippen molar-refractivity contribution < 1.29 is 13.5 Å². The summed E-state index contributed by atoms with van der Waals surface area (Å²) in [6, 6.07) is 7.31. The summed E-state index contributed by atoms with van der Waals surface area (Å²) in [6.45, 7) is 5.34. The molecule has 1 heterocycles. The zero-order chi connectivity index (χ0) is 16.3. The Balaban J connectivity index is 0.00000264. The summed E-state index contributed by atoms with van der Waals surface area (Å²) in [4.78, 5) is 4.16. The molecule has 8 heteroatoms. The summed E-state index contributed by atoms with van der Waals surface area (Å²) in [5, 5.41) is 10.5. The number of rotatable bonds is 6. The fourth-order valence-corrected chi connectivity index (χ4v) is 2.92. The van der Waals surface area contributed by atoms with Crippen molar-refractivity contribution in [3.05, 3.63) is 42.2 Å². The molecule has 1 aromatic rings. The fourth-order valence-electron chi connectivity index (χ4n) is 2.34. The molecule has 2 N–H and O–H groups in total. The average Bonchev–Trinajstić information content (AvgIpc) is 2.86. The van der Waals surface area contributed by atoms with Gasteiger partial charge in [-0.25, -0.2) is 8.42 Å². The molecule has 1 aliphatic rings. The van der Waals surface area contributed by atoms with Crippen LogP contribution in [-0.2, 0) is 10.0 Å². The van der Waals surface area contributed by atoms with Crippen LogP contribution in [0.3, 0.4) is 0 Å². The van der Waals surface area contributed by atoms with Gasteiger partial charge in [0.15, 0.2) is 0 Å². The van der Waals surface area contributed by atoms with Gasteiger partial charge in [-0.3, -0.25) is 4.72 Å². The second-order valence-electron chi connectivity index (χ2n) is 5.80. The van der Waals surface area contributed by atoms with Crippen molar-refractivity contribution in [3.8, 4) is 0 Å². The number of hydrogen-bond acceptors (Lipinski definition) is 5. The lowest BCUT2D eigenvalue weighted by molar-refractivity contribution is 0.120. The van der Waals surface area contributed by atoms with Crippen LogP contribution in [0, 0.1) is 0 Å². The average molecular weight is 362 g/mol. The third-order valence-corrected chi connectivity index (χ3v) is 4.09. The molecule has 23 heavy (non-hydrogen) atoms. The van der Waals surface area contributed by atoms with Crippen molar-refractivity contribution in [1.29, 1.82) is 0 Å². The Morgan fingerprint density at radius 1 is 1.26 bits per heavy atom. The molecule has 0 radical (unpaired) electrons.